The Kier molecular flexibility index (Phi) is 5.41. The van der Waals surface area contributed by atoms with Crippen LogP contribution in [0.3, 0.4) is 0 Å². The average molecular weight is 276 g/mol. The predicted octanol–water partition coefficient (Wildman–Crippen LogP) is 2.59. The van der Waals surface area contributed by atoms with Crippen molar-refractivity contribution in [2.24, 2.45) is 0 Å². The molecular formula is C16H24N2O2. The molecule has 1 aromatic carbocycles. The van der Waals surface area contributed by atoms with Crippen molar-refractivity contribution in [3.05, 3.63) is 29.3 Å². The second kappa shape index (κ2) is 7.29. The van der Waals surface area contributed by atoms with Crippen molar-refractivity contribution in [2.75, 3.05) is 25.0 Å². The molecule has 1 aliphatic heterocycles. The van der Waals surface area contributed by atoms with E-state index in [4.69, 9.17) is 4.74 Å². The molecule has 0 aromatic heterocycles. The number of carbonyl (C=O) groups is 1. The Balaban J connectivity index is 1.80. The summed E-state index contributed by atoms with van der Waals surface area (Å²) in [5.41, 5.74) is 3.16. The van der Waals surface area contributed by atoms with Crippen LogP contribution in [-0.4, -0.2) is 31.7 Å². The Hall–Kier alpha value is -1.55. The van der Waals surface area contributed by atoms with Crippen LogP contribution < -0.4 is 10.6 Å². The van der Waals surface area contributed by atoms with E-state index in [1.165, 1.54) is 5.56 Å². The summed E-state index contributed by atoms with van der Waals surface area (Å²) in [6, 6.07) is 5.89. The van der Waals surface area contributed by atoms with Gasteiger partial charge in [-0.15, -0.1) is 0 Å². The summed E-state index contributed by atoms with van der Waals surface area (Å²) in [6.07, 6.45) is 3.27. The maximum atomic E-state index is 12.1. The van der Waals surface area contributed by atoms with E-state index in [0.717, 1.165) is 37.1 Å². The first-order valence-corrected chi connectivity index (χ1v) is 7.43. The largest absolute Gasteiger partial charge is 0.385 e. The normalized spacial score (nSPS) is 13.8. The van der Waals surface area contributed by atoms with E-state index in [-0.39, 0.29) is 12.0 Å². The van der Waals surface area contributed by atoms with Gasteiger partial charge in [-0.25, -0.2) is 0 Å². The molecule has 0 radical (unpaired) electrons. The number of benzene rings is 1. The number of hydrogen-bond donors (Lipinski definition) is 2. The fourth-order valence-corrected chi connectivity index (χ4v) is 2.31. The highest BCUT2D eigenvalue weighted by atomic mass is 16.5. The third kappa shape index (κ3) is 4.23. The molecule has 1 amide bonds. The van der Waals surface area contributed by atoms with Crippen LogP contribution in [0.2, 0.25) is 0 Å². The molecular weight excluding hydrogens is 252 g/mol. The van der Waals surface area contributed by atoms with E-state index < -0.39 is 0 Å². The van der Waals surface area contributed by atoms with E-state index in [1.54, 1.807) is 0 Å². The van der Waals surface area contributed by atoms with Gasteiger partial charge in [-0.3, -0.25) is 4.79 Å². The molecule has 1 aromatic rings. The lowest BCUT2D eigenvalue weighted by molar-refractivity contribution is 0.0757. The van der Waals surface area contributed by atoms with Crippen molar-refractivity contribution in [3.8, 4) is 0 Å². The summed E-state index contributed by atoms with van der Waals surface area (Å²) in [7, 11) is 0. The minimum absolute atomic E-state index is 0.00270. The van der Waals surface area contributed by atoms with E-state index >= 15 is 0 Å². The number of amides is 1. The third-order valence-corrected chi connectivity index (χ3v) is 3.36. The van der Waals surface area contributed by atoms with Crippen LogP contribution in [0, 0.1) is 0 Å². The summed E-state index contributed by atoms with van der Waals surface area (Å²) < 4.78 is 5.44. The fraction of sp³-hybridized carbons (Fsp3) is 0.562. The summed E-state index contributed by atoms with van der Waals surface area (Å²) in [5.74, 6) is 0.00270. The summed E-state index contributed by atoms with van der Waals surface area (Å²) in [4.78, 5) is 12.1. The number of carbonyl (C=O) groups excluding carboxylic acids is 1. The van der Waals surface area contributed by atoms with Crippen molar-refractivity contribution >= 4 is 11.6 Å². The van der Waals surface area contributed by atoms with Crippen molar-refractivity contribution in [1.82, 2.24) is 5.32 Å². The van der Waals surface area contributed by atoms with Gasteiger partial charge in [0.1, 0.15) is 0 Å². The number of rotatable bonds is 6. The Morgan fingerprint density at radius 2 is 2.30 bits per heavy atom. The highest BCUT2D eigenvalue weighted by molar-refractivity contribution is 5.94. The van der Waals surface area contributed by atoms with Crippen molar-refractivity contribution in [1.29, 1.82) is 0 Å². The average Bonchev–Trinajstić information content (AvgIpc) is 2.46. The van der Waals surface area contributed by atoms with Crippen LogP contribution in [-0.2, 0) is 11.2 Å². The lowest BCUT2D eigenvalue weighted by atomic mass is 10.0. The Labute approximate surface area is 120 Å². The van der Waals surface area contributed by atoms with Gasteiger partial charge < -0.3 is 15.4 Å². The number of anilines is 1. The van der Waals surface area contributed by atoms with Crippen LogP contribution >= 0.6 is 0 Å². The van der Waals surface area contributed by atoms with Crippen LogP contribution in [0.15, 0.2) is 18.2 Å². The maximum absolute atomic E-state index is 12.1. The predicted molar refractivity (Wildman–Crippen MR) is 81.3 cm³/mol. The molecule has 20 heavy (non-hydrogen) atoms. The highest BCUT2D eigenvalue weighted by Gasteiger charge is 2.12. The lowest BCUT2D eigenvalue weighted by Crippen LogP contribution is -2.26. The summed E-state index contributed by atoms with van der Waals surface area (Å²) in [6.45, 7) is 6.39. The van der Waals surface area contributed by atoms with Crippen LogP contribution in [0.1, 0.15) is 42.6 Å². The van der Waals surface area contributed by atoms with Gasteiger partial charge in [-0.1, -0.05) is 0 Å². The number of fused-ring (bicyclic) bond motifs is 1. The van der Waals surface area contributed by atoms with Gasteiger partial charge in [0.15, 0.2) is 0 Å². The zero-order valence-corrected chi connectivity index (χ0v) is 12.4. The van der Waals surface area contributed by atoms with Crippen molar-refractivity contribution in [2.45, 2.75) is 39.2 Å². The Bertz CT molecular complexity index is 458. The Morgan fingerprint density at radius 1 is 1.45 bits per heavy atom. The van der Waals surface area contributed by atoms with Gasteiger partial charge in [-0.2, -0.15) is 0 Å². The van der Waals surface area contributed by atoms with E-state index in [9.17, 15) is 4.79 Å². The molecule has 1 aliphatic rings. The minimum Gasteiger partial charge on any atom is -0.385 e. The molecule has 110 valence electrons. The van der Waals surface area contributed by atoms with Gasteiger partial charge >= 0.3 is 0 Å². The standard InChI is InChI=1S/C16H24N2O2/c1-12(2)20-10-4-9-18-16(19)14-6-7-15-13(11-14)5-3-8-17-15/h6-7,11-12,17H,3-5,8-10H2,1-2H3,(H,18,19). The van der Waals surface area contributed by atoms with Gasteiger partial charge in [0.05, 0.1) is 6.10 Å². The zero-order valence-electron chi connectivity index (χ0n) is 12.4. The third-order valence-electron chi connectivity index (χ3n) is 3.36. The van der Waals surface area contributed by atoms with E-state index in [0.29, 0.717) is 13.2 Å². The zero-order chi connectivity index (χ0) is 14.4. The van der Waals surface area contributed by atoms with Gasteiger partial charge in [0, 0.05) is 30.9 Å². The molecule has 0 spiro atoms. The topological polar surface area (TPSA) is 50.4 Å². The second-order valence-electron chi connectivity index (χ2n) is 5.43. The first-order valence-electron chi connectivity index (χ1n) is 7.43. The summed E-state index contributed by atoms with van der Waals surface area (Å²) >= 11 is 0. The molecule has 0 unspecified atom stereocenters. The van der Waals surface area contributed by atoms with Crippen LogP contribution in [0.5, 0.6) is 0 Å². The quantitative estimate of drug-likeness (QED) is 0.785. The smallest absolute Gasteiger partial charge is 0.251 e. The maximum Gasteiger partial charge on any atom is 0.251 e. The van der Waals surface area contributed by atoms with Gasteiger partial charge in [0.25, 0.3) is 5.91 Å². The molecule has 0 atom stereocenters. The number of hydrogen-bond acceptors (Lipinski definition) is 3. The molecule has 2 rings (SSSR count). The van der Waals surface area contributed by atoms with Crippen molar-refractivity contribution in [3.63, 3.8) is 0 Å². The fourth-order valence-electron chi connectivity index (χ4n) is 2.31. The molecule has 4 nitrogen and oxygen atoms in total. The van der Waals surface area contributed by atoms with Gasteiger partial charge in [-0.05, 0) is 56.9 Å². The molecule has 2 N–H and O–H groups in total. The molecule has 0 aliphatic carbocycles. The molecule has 1 heterocycles. The second-order valence-corrected chi connectivity index (χ2v) is 5.43. The lowest BCUT2D eigenvalue weighted by Gasteiger charge is -2.18. The first-order chi connectivity index (χ1) is 9.66. The molecule has 0 saturated carbocycles. The molecule has 0 fully saturated rings. The molecule has 0 saturated heterocycles. The number of nitrogens with one attached hydrogen (secondary N) is 2. The first kappa shape index (κ1) is 14.9. The number of aryl methyl sites for hydroxylation is 1. The molecule has 4 heteroatoms. The van der Waals surface area contributed by atoms with Gasteiger partial charge in [0.2, 0.25) is 0 Å². The minimum atomic E-state index is 0.00270. The van der Waals surface area contributed by atoms with Crippen LogP contribution in [0.4, 0.5) is 5.69 Å². The van der Waals surface area contributed by atoms with E-state index in [1.807, 2.05) is 32.0 Å². The summed E-state index contributed by atoms with van der Waals surface area (Å²) in [5, 5.41) is 6.29. The monoisotopic (exact) mass is 276 g/mol. The SMILES string of the molecule is CC(C)OCCCNC(=O)c1ccc2c(c1)CCCN2. The highest BCUT2D eigenvalue weighted by Crippen LogP contribution is 2.22. The number of ether oxygens (including phenoxy) is 1. The molecule has 0 bridgehead atoms. The van der Waals surface area contributed by atoms with Crippen molar-refractivity contribution < 1.29 is 9.53 Å². The van der Waals surface area contributed by atoms with E-state index in [2.05, 4.69) is 10.6 Å². The Morgan fingerprint density at radius 3 is 3.10 bits per heavy atom. The van der Waals surface area contributed by atoms with Crippen LogP contribution in [0.25, 0.3) is 0 Å².